The van der Waals surface area contributed by atoms with Crippen molar-refractivity contribution >= 4 is 22.5 Å². The molecule has 1 N–H and O–H groups in total. The van der Waals surface area contributed by atoms with E-state index >= 15 is 0 Å². The van der Waals surface area contributed by atoms with Gasteiger partial charge in [0.25, 0.3) is 0 Å². The van der Waals surface area contributed by atoms with Crippen molar-refractivity contribution in [2.24, 2.45) is 13.0 Å². The molecule has 1 aliphatic rings. The molecule has 3 aromatic rings. The minimum absolute atomic E-state index is 0.00506. The lowest BCUT2D eigenvalue weighted by Crippen LogP contribution is -2.39. The van der Waals surface area contributed by atoms with E-state index in [2.05, 4.69) is 26.3 Å². The number of rotatable bonds is 5. The van der Waals surface area contributed by atoms with Gasteiger partial charge in [0.1, 0.15) is 12.5 Å². The Kier molecular flexibility index (Phi) is 5.34. The molecule has 146 valence electrons. The molecule has 4 rings (SSSR count). The number of anilines is 1. The Hall–Kier alpha value is -2.80. The van der Waals surface area contributed by atoms with Crippen molar-refractivity contribution in [2.45, 2.75) is 12.8 Å². The van der Waals surface area contributed by atoms with Crippen LogP contribution in [-0.2, 0) is 11.8 Å². The fourth-order valence-electron chi connectivity index (χ4n) is 3.77. The molecule has 0 unspecified atom stereocenters. The van der Waals surface area contributed by atoms with Crippen LogP contribution in [-0.4, -0.2) is 51.7 Å². The molecule has 0 saturated carbocycles. The molecule has 2 aromatic heterocycles. The number of nitrogens with one attached hydrogen (secondary N) is 1. The van der Waals surface area contributed by atoms with E-state index in [1.807, 2.05) is 36.0 Å². The molecule has 1 aliphatic heterocycles. The SMILES string of the molecule is Cn1cncc1-c1ccc2cnc(NC(=O)C3CCN(CCF)CC3)cc2c1. The number of nitrogens with zero attached hydrogens (tertiary/aromatic N) is 4. The first-order valence-corrected chi connectivity index (χ1v) is 9.60. The molecule has 1 saturated heterocycles. The van der Waals surface area contributed by atoms with E-state index in [1.54, 1.807) is 12.5 Å². The zero-order chi connectivity index (χ0) is 19.5. The lowest BCUT2D eigenvalue weighted by Gasteiger charge is -2.30. The first-order chi connectivity index (χ1) is 13.6. The molecule has 1 amide bonds. The zero-order valence-corrected chi connectivity index (χ0v) is 15.9. The van der Waals surface area contributed by atoms with Gasteiger partial charge in [-0.15, -0.1) is 0 Å². The van der Waals surface area contributed by atoms with E-state index in [9.17, 15) is 9.18 Å². The number of carbonyl (C=O) groups is 1. The van der Waals surface area contributed by atoms with E-state index in [0.29, 0.717) is 12.4 Å². The topological polar surface area (TPSA) is 63.1 Å². The van der Waals surface area contributed by atoms with Crippen molar-refractivity contribution in [1.29, 1.82) is 0 Å². The predicted octanol–water partition coefficient (Wildman–Crippen LogP) is 3.26. The Morgan fingerprint density at radius 2 is 2.04 bits per heavy atom. The second-order valence-electron chi connectivity index (χ2n) is 7.32. The smallest absolute Gasteiger partial charge is 0.228 e. The van der Waals surface area contributed by atoms with Crippen LogP contribution >= 0.6 is 0 Å². The van der Waals surface area contributed by atoms with E-state index in [-0.39, 0.29) is 18.5 Å². The number of aryl methyl sites for hydroxylation is 1. The molecule has 28 heavy (non-hydrogen) atoms. The number of likely N-dealkylation sites (tertiary alicyclic amines) is 1. The molecule has 6 nitrogen and oxygen atoms in total. The minimum atomic E-state index is -0.335. The first-order valence-electron chi connectivity index (χ1n) is 9.60. The van der Waals surface area contributed by atoms with Crippen LogP contribution < -0.4 is 5.32 Å². The lowest BCUT2D eigenvalue weighted by molar-refractivity contribution is -0.121. The quantitative estimate of drug-likeness (QED) is 0.737. The van der Waals surface area contributed by atoms with Gasteiger partial charge in [0.2, 0.25) is 5.91 Å². The van der Waals surface area contributed by atoms with Crippen LogP contribution in [0.5, 0.6) is 0 Å². The summed E-state index contributed by atoms with van der Waals surface area (Å²) in [7, 11) is 1.96. The molecule has 1 fully saturated rings. The average Bonchev–Trinajstić information content (AvgIpc) is 3.14. The minimum Gasteiger partial charge on any atom is -0.334 e. The number of pyridine rings is 1. The highest BCUT2D eigenvalue weighted by atomic mass is 19.1. The van der Waals surface area contributed by atoms with Gasteiger partial charge >= 0.3 is 0 Å². The fraction of sp³-hybridized carbons (Fsp3) is 0.381. The Morgan fingerprint density at radius 1 is 1.21 bits per heavy atom. The number of benzene rings is 1. The molecular formula is C21H24FN5O. The van der Waals surface area contributed by atoms with E-state index in [0.717, 1.165) is 48.0 Å². The largest absolute Gasteiger partial charge is 0.334 e. The van der Waals surface area contributed by atoms with Gasteiger partial charge in [-0.1, -0.05) is 12.1 Å². The fourth-order valence-corrected chi connectivity index (χ4v) is 3.77. The maximum atomic E-state index is 12.6. The summed E-state index contributed by atoms with van der Waals surface area (Å²) in [5.41, 5.74) is 2.10. The Balaban J connectivity index is 1.48. The Bertz CT molecular complexity index is 978. The third-order valence-electron chi connectivity index (χ3n) is 5.44. The van der Waals surface area contributed by atoms with Gasteiger partial charge in [-0.05, 0) is 43.5 Å². The summed E-state index contributed by atoms with van der Waals surface area (Å²) >= 11 is 0. The molecule has 1 aromatic carbocycles. The van der Waals surface area contributed by atoms with Crippen LogP contribution in [0.15, 0.2) is 43.0 Å². The van der Waals surface area contributed by atoms with Gasteiger partial charge in [0, 0.05) is 36.7 Å². The third kappa shape index (κ3) is 3.89. The maximum absolute atomic E-state index is 12.6. The van der Waals surface area contributed by atoms with Crippen molar-refractivity contribution in [2.75, 3.05) is 31.6 Å². The number of piperidine rings is 1. The number of carbonyl (C=O) groups excluding carboxylic acids is 1. The first kappa shape index (κ1) is 18.6. The second kappa shape index (κ2) is 8.06. The normalized spacial score (nSPS) is 15.8. The Morgan fingerprint density at radius 3 is 2.75 bits per heavy atom. The van der Waals surface area contributed by atoms with Crippen molar-refractivity contribution < 1.29 is 9.18 Å². The van der Waals surface area contributed by atoms with Gasteiger partial charge in [-0.25, -0.2) is 14.4 Å². The van der Waals surface area contributed by atoms with Gasteiger partial charge in [-0.2, -0.15) is 0 Å². The number of amides is 1. The molecule has 3 heterocycles. The van der Waals surface area contributed by atoms with Gasteiger partial charge in [0.05, 0.1) is 18.2 Å². The zero-order valence-electron chi connectivity index (χ0n) is 15.9. The number of aromatic nitrogens is 3. The number of halogens is 1. The standard InChI is InChI=1S/C21H24FN5O/c1-26-14-23-13-19(26)16-2-3-17-12-24-20(11-18(17)10-16)25-21(28)15-4-7-27(8-5-15)9-6-22/h2-3,10-15H,4-9H2,1H3,(H,24,25,28). The molecule has 0 bridgehead atoms. The van der Waals surface area contributed by atoms with Gasteiger partial charge in [0.15, 0.2) is 0 Å². The van der Waals surface area contributed by atoms with Crippen molar-refractivity contribution in [3.05, 3.63) is 43.0 Å². The van der Waals surface area contributed by atoms with Crippen LogP contribution in [0.2, 0.25) is 0 Å². The van der Waals surface area contributed by atoms with E-state index in [1.165, 1.54) is 0 Å². The molecule has 0 spiro atoms. The molecule has 0 aliphatic carbocycles. The van der Waals surface area contributed by atoms with E-state index < -0.39 is 0 Å². The second-order valence-corrected chi connectivity index (χ2v) is 7.32. The number of fused-ring (bicyclic) bond motifs is 1. The number of hydrogen-bond acceptors (Lipinski definition) is 4. The van der Waals surface area contributed by atoms with Crippen LogP contribution in [0.4, 0.5) is 10.2 Å². The highest BCUT2D eigenvalue weighted by Gasteiger charge is 2.25. The van der Waals surface area contributed by atoms with Crippen molar-refractivity contribution in [1.82, 2.24) is 19.4 Å². The van der Waals surface area contributed by atoms with E-state index in [4.69, 9.17) is 0 Å². The summed E-state index contributed by atoms with van der Waals surface area (Å²) in [6, 6.07) is 8.06. The summed E-state index contributed by atoms with van der Waals surface area (Å²) in [6.45, 7) is 1.65. The third-order valence-corrected chi connectivity index (χ3v) is 5.44. The average molecular weight is 381 g/mol. The summed E-state index contributed by atoms with van der Waals surface area (Å²) in [4.78, 5) is 23.2. The maximum Gasteiger partial charge on any atom is 0.228 e. The number of imidazole rings is 1. The van der Waals surface area contributed by atoms with Crippen LogP contribution in [0.1, 0.15) is 12.8 Å². The Labute approximate surface area is 163 Å². The molecule has 0 atom stereocenters. The van der Waals surface area contributed by atoms with Gasteiger partial charge < -0.3 is 14.8 Å². The molecule has 0 radical (unpaired) electrons. The van der Waals surface area contributed by atoms with Gasteiger partial charge in [-0.3, -0.25) is 4.79 Å². The van der Waals surface area contributed by atoms with Crippen molar-refractivity contribution in [3.8, 4) is 11.3 Å². The lowest BCUT2D eigenvalue weighted by atomic mass is 9.96. The number of alkyl halides is 1. The predicted molar refractivity (Wildman–Crippen MR) is 108 cm³/mol. The highest BCUT2D eigenvalue weighted by molar-refractivity contribution is 5.95. The number of hydrogen-bond donors (Lipinski definition) is 1. The summed E-state index contributed by atoms with van der Waals surface area (Å²) in [6.07, 6.45) is 6.90. The summed E-state index contributed by atoms with van der Waals surface area (Å²) in [5.74, 6) is 0.509. The highest BCUT2D eigenvalue weighted by Crippen LogP contribution is 2.25. The van der Waals surface area contributed by atoms with Crippen LogP contribution in [0.25, 0.3) is 22.0 Å². The van der Waals surface area contributed by atoms with Crippen LogP contribution in [0, 0.1) is 5.92 Å². The van der Waals surface area contributed by atoms with Crippen molar-refractivity contribution in [3.63, 3.8) is 0 Å². The summed E-state index contributed by atoms with van der Waals surface area (Å²) < 4.78 is 14.4. The molecule has 7 heteroatoms. The monoisotopic (exact) mass is 381 g/mol. The van der Waals surface area contributed by atoms with Crippen LogP contribution in [0.3, 0.4) is 0 Å². The summed E-state index contributed by atoms with van der Waals surface area (Å²) in [5, 5.41) is 4.99. The molecular weight excluding hydrogens is 357 g/mol.